The molecule has 0 aliphatic carbocycles. The first kappa shape index (κ1) is 16.6. The highest BCUT2D eigenvalue weighted by Gasteiger charge is 2.20. The van der Waals surface area contributed by atoms with E-state index < -0.39 is 9.84 Å². The van der Waals surface area contributed by atoms with Gasteiger partial charge in [0.1, 0.15) is 5.75 Å². The van der Waals surface area contributed by atoms with Crippen LogP contribution in [0.4, 0.5) is 0 Å². The Kier molecular flexibility index (Phi) is 5.68. The third-order valence-corrected chi connectivity index (χ3v) is 4.80. The van der Waals surface area contributed by atoms with E-state index in [1.165, 1.54) is 0 Å². The third kappa shape index (κ3) is 5.23. The number of hydrogen-bond acceptors (Lipinski definition) is 6. The average molecular weight is 324 g/mol. The van der Waals surface area contributed by atoms with E-state index >= 15 is 0 Å². The second-order valence-electron chi connectivity index (χ2n) is 5.37. The zero-order valence-electron chi connectivity index (χ0n) is 12.7. The molecule has 22 heavy (non-hydrogen) atoms. The Labute approximate surface area is 130 Å². The van der Waals surface area contributed by atoms with Crippen LogP contribution in [-0.4, -0.2) is 38.1 Å². The maximum absolute atomic E-state index is 12.1. The molecule has 0 spiro atoms. The van der Waals surface area contributed by atoms with Gasteiger partial charge in [0.05, 0.1) is 12.2 Å². The predicted octanol–water partition coefficient (Wildman–Crippen LogP) is 1.86. The Balaban J connectivity index is 1.97. The van der Waals surface area contributed by atoms with Crippen LogP contribution in [0.15, 0.2) is 34.7 Å². The monoisotopic (exact) mass is 324 g/mol. The number of sulfone groups is 1. The molecule has 1 unspecified atom stereocenters. The molecule has 1 aromatic heterocycles. The highest BCUT2D eigenvalue weighted by Crippen LogP contribution is 2.12. The first-order valence-electron chi connectivity index (χ1n) is 7.03. The maximum atomic E-state index is 12.1. The molecule has 2 rings (SSSR count). The number of rotatable bonds is 8. The Bertz CT molecular complexity index is 683. The van der Waals surface area contributed by atoms with Gasteiger partial charge >= 0.3 is 0 Å². The van der Waals surface area contributed by atoms with E-state index in [0.717, 1.165) is 5.56 Å². The van der Waals surface area contributed by atoms with Crippen molar-refractivity contribution in [2.24, 2.45) is 5.92 Å². The number of nitrogens with zero attached hydrogens (tertiary/aromatic N) is 2. The summed E-state index contributed by atoms with van der Waals surface area (Å²) in [5, 5.41) is 7.73. The van der Waals surface area contributed by atoms with Crippen molar-refractivity contribution >= 4 is 9.84 Å². The molecule has 0 radical (unpaired) electrons. The van der Waals surface area contributed by atoms with Crippen molar-refractivity contribution < 1.29 is 17.6 Å². The molecule has 1 atom stereocenters. The van der Waals surface area contributed by atoms with Gasteiger partial charge in [-0.05, 0) is 11.5 Å². The van der Waals surface area contributed by atoms with Crippen LogP contribution in [0.2, 0.25) is 0 Å². The summed E-state index contributed by atoms with van der Waals surface area (Å²) in [6, 6.07) is 9.68. The molecule has 0 bridgehead atoms. The van der Waals surface area contributed by atoms with Crippen LogP contribution in [0.1, 0.15) is 24.3 Å². The Hall–Kier alpha value is -1.73. The number of ether oxygens (including phenoxy) is 1. The molecule has 1 heterocycles. The van der Waals surface area contributed by atoms with Gasteiger partial charge in [0.15, 0.2) is 9.84 Å². The first-order chi connectivity index (χ1) is 10.5. The van der Waals surface area contributed by atoms with Crippen molar-refractivity contribution in [1.82, 2.24) is 10.2 Å². The number of hydrogen-bond donors (Lipinski definition) is 0. The van der Waals surface area contributed by atoms with E-state index in [1.54, 1.807) is 7.11 Å². The van der Waals surface area contributed by atoms with Gasteiger partial charge in [-0.15, -0.1) is 10.2 Å². The summed E-state index contributed by atoms with van der Waals surface area (Å²) < 4.78 is 34.5. The topological polar surface area (TPSA) is 82.3 Å². The van der Waals surface area contributed by atoms with Gasteiger partial charge in [-0.3, -0.25) is 0 Å². The van der Waals surface area contributed by atoms with Crippen LogP contribution < -0.4 is 0 Å². The van der Waals surface area contributed by atoms with Crippen molar-refractivity contribution in [2.45, 2.75) is 19.1 Å². The second kappa shape index (κ2) is 7.51. The van der Waals surface area contributed by atoms with E-state index in [2.05, 4.69) is 10.2 Å². The quantitative estimate of drug-likeness (QED) is 0.737. The lowest BCUT2D eigenvalue weighted by molar-refractivity contribution is 0.167. The molecule has 0 saturated carbocycles. The van der Waals surface area contributed by atoms with E-state index in [1.807, 2.05) is 37.3 Å². The smallest absolute Gasteiger partial charge is 0.231 e. The minimum absolute atomic E-state index is 0.0389. The molecule has 0 amide bonds. The number of aromatic nitrogens is 2. The molecule has 0 fully saturated rings. The van der Waals surface area contributed by atoms with Gasteiger partial charge in [0.2, 0.25) is 11.8 Å². The van der Waals surface area contributed by atoms with E-state index in [-0.39, 0.29) is 23.3 Å². The van der Waals surface area contributed by atoms with E-state index in [9.17, 15) is 8.42 Å². The Morgan fingerprint density at radius 2 is 1.86 bits per heavy atom. The molecule has 2 aromatic rings. The fraction of sp³-hybridized carbons (Fsp3) is 0.467. The largest absolute Gasteiger partial charge is 0.424 e. The summed E-state index contributed by atoms with van der Waals surface area (Å²) in [5.41, 5.74) is 1.04. The van der Waals surface area contributed by atoms with Crippen molar-refractivity contribution in [3.8, 4) is 0 Å². The zero-order valence-corrected chi connectivity index (χ0v) is 13.5. The lowest BCUT2D eigenvalue weighted by Crippen LogP contribution is -2.19. The Morgan fingerprint density at radius 3 is 2.55 bits per heavy atom. The summed E-state index contributed by atoms with van der Waals surface area (Å²) >= 11 is 0. The minimum atomic E-state index is -3.29. The van der Waals surface area contributed by atoms with E-state index in [0.29, 0.717) is 18.9 Å². The van der Waals surface area contributed by atoms with Crippen LogP contribution >= 0.6 is 0 Å². The van der Waals surface area contributed by atoms with Gasteiger partial charge in [-0.25, -0.2) is 8.42 Å². The molecule has 0 N–H and O–H groups in total. The number of methoxy groups -OCH3 is 1. The molecule has 1 aromatic carbocycles. The van der Waals surface area contributed by atoms with Crippen LogP contribution in [0.5, 0.6) is 0 Å². The van der Waals surface area contributed by atoms with Crippen LogP contribution in [0.25, 0.3) is 0 Å². The summed E-state index contributed by atoms with van der Waals surface area (Å²) in [5.74, 6) is 0.290. The zero-order chi connectivity index (χ0) is 16.0. The van der Waals surface area contributed by atoms with E-state index in [4.69, 9.17) is 9.15 Å². The lowest BCUT2D eigenvalue weighted by Gasteiger charge is -2.09. The van der Waals surface area contributed by atoms with Crippen molar-refractivity contribution in [1.29, 1.82) is 0 Å². The van der Waals surface area contributed by atoms with Gasteiger partial charge in [0, 0.05) is 13.7 Å². The maximum Gasteiger partial charge on any atom is 0.231 e. The van der Waals surface area contributed by atoms with Gasteiger partial charge in [-0.2, -0.15) is 0 Å². The van der Waals surface area contributed by atoms with Gasteiger partial charge < -0.3 is 9.15 Å². The van der Waals surface area contributed by atoms with Crippen molar-refractivity contribution in [3.05, 3.63) is 47.7 Å². The van der Waals surface area contributed by atoms with Crippen LogP contribution in [0, 0.1) is 5.92 Å². The lowest BCUT2D eigenvalue weighted by atomic mass is 10.2. The van der Waals surface area contributed by atoms with Gasteiger partial charge in [0.25, 0.3) is 0 Å². The highest BCUT2D eigenvalue weighted by atomic mass is 32.2. The minimum Gasteiger partial charge on any atom is -0.424 e. The molecule has 120 valence electrons. The normalized spacial score (nSPS) is 13.2. The van der Waals surface area contributed by atoms with Crippen LogP contribution in [0.3, 0.4) is 0 Å². The second-order valence-corrected chi connectivity index (χ2v) is 7.48. The predicted molar refractivity (Wildman–Crippen MR) is 82.1 cm³/mol. The summed E-state index contributed by atoms with van der Waals surface area (Å²) in [6.07, 6.45) is 0.494. The average Bonchev–Trinajstić information content (AvgIpc) is 2.85. The van der Waals surface area contributed by atoms with Gasteiger partial charge in [-0.1, -0.05) is 37.3 Å². The highest BCUT2D eigenvalue weighted by molar-refractivity contribution is 7.90. The molecule has 0 aliphatic rings. The molecule has 7 heteroatoms. The molecular weight excluding hydrogens is 304 g/mol. The molecule has 0 saturated heterocycles. The fourth-order valence-corrected chi connectivity index (χ4v) is 3.78. The Morgan fingerprint density at radius 1 is 1.18 bits per heavy atom. The van der Waals surface area contributed by atoms with Crippen LogP contribution in [-0.2, 0) is 26.7 Å². The standard InChI is InChI=1S/C15H20N2O4S/c1-12(9-20-2)10-22(18,19)11-15-17-16-14(21-15)8-13-6-4-3-5-7-13/h3-7,12H,8-11H2,1-2H3. The SMILES string of the molecule is COCC(C)CS(=O)(=O)Cc1nnc(Cc2ccccc2)o1. The summed E-state index contributed by atoms with van der Waals surface area (Å²) in [4.78, 5) is 0. The summed E-state index contributed by atoms with van der Waals surface area (Å²) in [7, 11) is -1.74. The fourth-order valence-electron chi connectivity index (χ4n) is 2.20. The summed E-state index contributed by atoms with van der Waals surface area (Å²) in [6.45, 7) is 2.23. The third-order valence-electron chi connectivity index (χ3n) is 3.04. The first-order valence-corrected chi connectivity index (χ1v) is 8.85. The number of benzene rings is 1. The molecule has 6 nitrogen and oxygen atoms in total. The van der Waals surface area contributed by atoms with Crippen molar-refractivity contribution in [3.63, 3.8) is 0 Å². The van der Waals surface area contributed by atoms with Crippen molar-refractivity contribution in [2.75, 3.05) is 19.5 Å². The molecule has 0 aliphatic heterocycles. The molecular formula is C15H20N2O4S.